The molecule has 1 saturated heterocycles. The van der Waals surface area contributed by atoms with E-state index in [-0.39, 0.29) is 19.1 Å². The van der Waals surface area contributed by atoms with Gasteiger partial charge in [-0.2, -0.15) is 5.26 Å². The number of pyridine rings is 1. The minimum Gasteiger partial charge on any atom is -0.491 e. The second-order valence-corrected chi connectivity index (χ2v) is 8.26. The molecule has 10 nitrogen and oxygen atoms in total. The average Bonchev–Trinajstić information content (AvgIpc) is 3.18. The molecule has 0 amide bonds. The molecule has 0 aromatic carbocycles. The van der Waals surface area contributed by atoms with Crippen molar-refractivity contribution in [2.24, 2.45) is 12.8 Å². The fourth-order valence-electron chi connectivity index (χ4n) is 4.56. The van der Waals surface area contributed by atoms with Crippen LogP contribution in [-0.4, -0.2) is 44.9 Å². The van der Waals surface area contributed by atoms with Gasteiger partial charge in [0.25, 0.3) is 5.56 Å². The highest BCUT2D eigenvalue weighted by Gasteiger charge is 2.30. The van der Waals surface area contributed by atoms with Crippen LogP contribution in [0.15, 0.2) is 27.9 Å². The Hall–Kier alpha value is -4.02. The molecule has 1 fully saturated rings. The zero-order valence-electron chi connectivity index (χ0n) is 19.5. The van der Waals surface area contributed by atoms with E-state index in [9.17, 15) is 14.9 Å². The third kappa shape index (κ3) is 3.82. The first-order valence-electron chi connectivity index (χ1n) is 11.1. The lowest BCUT2D eigenvalue weighted by Crippen LogP contribution is -2.44. The summed E-state index contributed by atoms with van der Waals surface area (Å²) in [4.78, 5) is 33.4. The number of nitriles is 1. The highest BCUT2D eigenvalue weighted by atomic mass is 16.5. The molecule has 4 rings (SSSR count). The number of anilines is 1. The molecule has 3 aromatic rings. The van der Waals surface area contributed by atoms with Crippen LogP contribution < -0.4 is 26.6 Å². The molecule has 0 bridgehead atoms. The Bertz CT molecular complexity index is 1460. The topological polar surface area (TPSA) is 124 Å². The van der Waals surface area contributed by atoms with Crippen LogP contribution in [0.2, 0.25) is 0 Å². The van der Waals surface area contributed by atoms with Crippen LogP contribution in [0.5, 0.6) is 5.75 Å². The van der Waals surface area contributed by atoms with Gasteiger partial charge in [-0.1, -0.05) is 5.92 Å². The average molecular weight is 462 g/mol. The van der Waals surface area contributed by atoms with Gasteiger partial charge >= 0.3 is 5.69 Å². The van der Waals surface area contributed by atoms with E-state index < -0.39 is 11.2 Å². The van der Waals surface area contributed by atoms with Crippen molar-refractivity contribution in [3.8, 4) is 23.7 Å². The number of fused-ring (bicyclic) bond motifs is 1. The number of hydrogen-bond donors (Lipinski definition) is 1. The maximum absolute atomic E-state index is 13.8. The predicted molar refractivity (Wildman–Crippen MR) is 129 cm³/mol. The molecule has 0 unspecified atom stereocenters. The molecule has 1 aliphatic heterocycles. The molecule has 10 heteroatoms. The smallest absolute Gasteiger partial charge is 0.331 e. The standard InChI is InChI=1S/C24H27N7O3/c1-4-5-12-30-20-19(21(34-3)22(30)29-11-7-9-17(26)14-29)28(2)24(33)31(23(20)32)15-18-16(13-25)8-6-10-27-18/h6,8,10,17H,7,9,11-12,14-15,26H2,1-3H3/t17-/m1/s1. The molecule has 34 heavy (non-hydrogen) atoms. The van der Waals surface area contributed by atoms with Crippen LogP contribution in [0.25, 0.3) is 11.0 Å². The van der Waals surface area contributed by atoms with E-state index in [2.05, 4.69) is 27.8 Å². The SMILES string of the molecule is CC#CCn1c(N2CCC[C@@H](N)C2)c(OC)c2c1c(=O)n(Cc1ncccc1C#N)c(=O)n2C. The number of methoxy groups -OCH3 is 1. The molecule has 4 heterocycles. The van der Waals surface area contributed by atoms with Crippen LogP contribution in [0, 0.1) is 23.2 Å². The molecule has 2 N–H and O–H groups in total. The van der Waals surface area contributed by atoms with Gasteiger partial charge in [-0.25, -0.2) is 4.79 Å². The van der Waals surface area contributed by atoms with Crippen molar-refractivity contribution in [2.75, 3.05) is 25.1 Å². The lowest BCUT2D eigenvalue weighted by Gasteiger charge is -2.33. The summed E-state index contributed by atoms with van der Waals surface area (Å²) >= 11 is 0. The van der Waals surface area contributed by atoms with E-state index in [0.717, 1.165) is 24.0 Å². The maximum atomic E-state index is 13.8. The fraction of sp³-hybridized carbons (Fsp3) is 0.417. The Balaban J connectivity index is 2.03. The summed E-state index contributed by atoms with van der Waals surface area (Å²) < 4.78 is 10.1. The molecule has 176 valence electrons. The van der Waals surface area contributed by atoms with Crippen molar-refractivity contribution >= 4 is 16.9 Å². The van der Waals surface area contributed by atoms with Crippen molar-refractivity contribution < 1.29 is 4.74 Å². The van der Waals surface area contributed by atoms with E-state index in [4.69, 9.17) is 10.5 Å². The molecule has 1 aliphatic rings. The van der Waals surface area contributed by atoms with Gasteiger partial charge in [0.05, 0.1) is 31.5 Å². The Morgan fingerprint density at radius 1 is 1.29 bits per heavy atom. The number of aromatic nitrogens is 4. The van der Waals surface area contributed by atoms with Crippen molar-refractivity contribution in [2.45, 2.75) is 38.9 Å². The van der Waals surface area contributed by atoms with Gasteiger partial charge in [0.2, 0.25) is 0 Å². The highest BCUT2D eigenvalue weighted by molar-refractivity contribution is 5.90. The van der Waals surface area contributed by atoms with E-state index in [1.165, 1.54) is 17.9 Å². The first-order chi connectivity index (χ1) is 16.4. The lowest BCUT2D eigenvalue weighted by molar-refractivity contribution is 0.411. The van der Waals surface area contributed by atoms with Crippen LogP contribution in [0.1, 0.15) is 31.0 Å². The van der Waals surface area contributed by atoms with Gasteiger partial charge in [0, 0.05) is 32.4 Å². The molecule has 3 aromatic heterocycles. The quantitative estimate of drug-likeness (QED) is 0.557. The summed E-state index contributed by atoms with van der Waals surface area (Å²) in [6.07, 6.45) is 3.36. The maximum Gasteiger partial charge on any atom is 0.331 e. The van der Waals surface area contributed by atoms with Gasteiger partial charge in [0.15, 0.2) is 11.6 Å². The second-order valence-electron chi connectivity index (χ2n) is 8.26. The minimum atomic E-state index is -0.522. The van der Waals surface area contributed by atoms with Crippen molar-refractivity contribution in [3.05, 3.63) is 50.4 Å². The molecular weight excluding hydrogens is 434 g/mol. The first-order valence-corrected chi connectivity index (χ1v) is 11.1. The van der Waals surface area contributed by atoms with Crippen molar-refractivity contribution in [1.82, 2.24) is 18.7 Å². The summed E-state index contributed by atoms with van der Waals surface area (Å²) in [7, 11) is 3.13. The van der Waals surface area contributed by atoms with Gasteiger partial charge in [0.1, 0.15) is 17.1 Å². The van der Waals surface area contributed by atoms with Crippen LogP contribution in [-0.2, 0) is 20.1 Å². The number of aryl methyl sites for hydroxylation is 1. The first kappa shape index (κ1) is 23.1. The van der Waals surface area contributed by atoms with Gasteiger partial charge < -0.3 is 19.9 Å². The molecule has 1 atom stereocenters. The fourth-order valence-corrected chi connectivity index (χ4v) is 4.56. The Morgan fingerprint density at radius 2 is 2.09 bits per heavy atom. The second kappa shape index (κ2) is 9.46. The zero-order valence-corrected chi connectivity index (χ0v) is 19.5. The van der Waals surface area contributed by atoms with E-state index in [1.54, 1.807) is 26.1 Å². The minimum absolute atomic E-state index is 0.00351. The highest BCUT2D eigenvalue weighted by Crippen LogP contribution is 2.38. The predicted octanol–water partition coefficient (Wildman–Crippen LogP) is 0.776. The summed E-state index contributed by atoms with van der Waals surface area (Å²) in [5.41, 5.74) is 6.61. The Kier molecular flexibility index (Phi) is 6.44. The van der Waals surface area contributed by atoms with Crippen LogP contribution >= 0.6 is 0 Å². The van der Waals surface area contributed by atoms with Crippen molar-refractivity contribution in [3.63, 3.8) is 0 Å². The Labute approximate surface area is 196 Å². The number of rotatable bonds is 5. The largest absolute Gasteiger partial charge is 0.491 e. The lowest BCUT2D eigenvalue weighted by atomic mass is 10.1. The summed E-state index contributed by atoms with van der Waals surface area (Å²) in [5, 5.41) is 9.43. The van der Waals surface area contributed by atoms with Gasteiger partial charge in [-0.05, 0) is 31.9 Å². The van der Waals surface area contributed by atoms with E-state index in [1.807, 2.05) is 4.57 Å². The number of hydrogen-bond acceptors (Lipinski definition) is 7. The zero-order chi connectivity index (χ0) is 24.4. The van der Waals surface area contributed by atoms with E-state index >= 15 is 0 Å². The Morgan fingerprint density at radius 3 is 2.76 bits per heavy atom. The number of piperidine rings is 1. The normalized spacial score (nSPS) is 15.6. The summed E-state index contributed by atoms with van der Waals surface area (Å²) in [6, 6.07) is 5.31. The summed E-state index contributed by atoms with van der Waals surface area (Å²) in [5.74, 6) is 7.06. The number of nitrogens with zero attached hydrogens (tertiary/aromatic N) is 6. The van der Waals surface area contributed by atoms with Crippen molar-refractivity contribution in [1.29, 1.82) is 5.26 Å². The van der Waals surface area contributed by atoms with Gasteiger partial charge in [-0.3, -0.25) is 18.9 Å². The van der Waals surface area contributed by atoms with E-state index in [0.29, 0.717) is 40.4 Å². The monoisotopic (exact) mass is 461 g/mol. The number of ether oxygens (including phenoxy) is 1. The molecule has 0 spiro atoms. The third-order valence-corrected chi connectivity index (χ3v) is 6.16. The molecule has 0 radical (unpaired) electrons. The molecular formula is C24H27N7O3. The summed E-state index contributed by atoms with van der Waals surface area (Å²) in [6.45, 7) is 3.22. The molecule has 0 saturated carbocycles. The van der Waals surface area contributed by atoms with Gasteiger partial charge in [-0.15, -0.1) is 5.92 Å². The molecule has 0 aliphatic carbocycles. The number of nitrogens with two attached hydrogens (primary N) is 1. The third-order valence-electron chi connectivity index (χ3n) is 6.16. The van der Waals surface area contributed by atoms with Crippen LogP contribution in [0.4, 0.5) is 5.82 Å². The van der Waals surface area contributed by atoms with Crippen LogP contribution in [0.3, 0.4) is 0 Å².